The molecule has 1 unspecified atom stereocenters. The predicted molar refractivity (Wildman–Crippen MR) is 81.1 cm³/mol. The minimum Gasteiger partial charge on any atom is -0.379 e. The van der Waals surface area contributed by atoms with Gasteiger partial charge in [0.1, 0.15) is 0 Å². The van der Waals surface area contributed by atoms with Crippen LogP contribution in [0.25, 0.3) is 0 Å². The number of hydrogen-bond donors (Lipinski definition) is 1. The maximum Gasteiger partial charge on any atom is 0.0722 e. The molecule has 18 heavy (non-hydrogen) atoms. The lowest BCUT2D eigenvalue weighted by Crippen LogP contribution is -2.39. The van der Waals surface area contributed by atoms with Crippen LogP contribution in [-0.4, -0.2) is 6.04 Å². The normalized spacial score (nSPS) is 22.8. The van der Waals surface area contributed by atoms with E-state index in [9.17, 15) is 0 Å². The second kappa shape index (κ2) is 5.48. The number of anilines is 1. The van der Waals surface area contributed by atoms with Crippen molar-refractivity contribution >= 4 is 40.5 Å². The molecule has 0 amide bonds. The highest BCUT2D eigenvalue weighted by atomic mass is 35.5. The first-order chi connectivity index (χ1) is 8.40. The van der Waals surface area contributed by atoms with Crippen LogP contribution >= 0.6 is 34.8 Å². The van der Waals surface area contributed by atoms with E-state index >= 15 is 0 Å². The van der Waals surface area contributed by atoms with E-state index in [1.54, 1.807) is 12.1 Å². The molecular formula is C14H18Cl3N. The van der Waals surface area contributed by atoms with Gasteiger partial charge in [-0.25, -0.2) is 0 Å². The summed E-state index contributed by atoms with van der Waals surface area (Å²) in [5, 5.41) is 5.26. The number of benzene rings is 1. The van der Waals surface area contributed by atoms with Crippen molar-refractivity contribution in [2.24, 2.45) is 5.41 Å². The predicted octanol–water partition coefficient (Wildman–Crippen LogP) is 6.03. The van der Waals surface area contributed by atoms with Crippen LogP contribution in [0.2, 0.25) is 15.1 Å². The molecule has 1 atom stereocenters. The van der Waals surface area contributed by atoms with Crippen molar-refractivity contribution in [1.29, 1.82) is 0 Å². The van der Waals surface area contributed by atoms with Crippen molar-refractivity contribution in [3.63, 3.8) is 0 Å². The second-order valence-corrected chi connectivity index (χ2v) is 6.93. The van der Waals surface area contributed by atoms with Crippen molar-refractivity contribution in [2.45, 2.75) is 45.6 Å². The molecule has 1 aliphatic rings. The Balaban J connectivity index is 2.23. The zero-order valence-corrected chi connectivity index (χ0v) is 13.0. The molecule has 1 aromatic rings. The molecule has 1 aromatic carbocycles. The summed E-state index contributed by atoms with van der Waals surface area (Å²) in [5.74, 6) is 0. The summed E-state index contributed by atoms with van der Waals surface area (Å²) in [5.41, 5.74) is 1.08. The van der Waals surface area contributed by atoms with Crippen LogP contribution in [0.15, 0.2) is 12.1 Å². The van der Waals surface area contributed by atoms with Crippen molar-refractivity contribution in [1.82, 2.24) is 0 Å². The van der Waals surface area contributed by atoms with E-state index in [1.165, 1.54) is 19.3 Å². The van der Waals surface area contributed by atoms with Crippen molar-refractivity contribution in [3.8, 4) is 0 Å². The first-order valence-electron chi connectivity index (χ1n) is 6.31. The van der Waals surface area contributed by atoms with Crippen LogP contribution in [0.4, 0.5) is 5.69 Å². The zero-order valence-electron chi connectivity index (χ0n) is 10.7. The summed E-state index contributed by atoms with van der Waals surface area (Å²) in [6.07, 6.45) is 4.94. The van der Waals surface area contributed by atoms with Gasteiger partial charge in [0, 0.05) is 11.1 Å². The summed E-state index contributed by atoms with van der Waals surface area (Å²) in [7, 11) is 0. The van der Waals surface area contributed by atoms with E-state index < -0.39 is 0 Å². The SMILES string of the molecule is CC1(C)CCCCC1Nc1c(Cl)cc(Cl)cc1Cl. The van der Waals surface area contributed by atoms with Crippen LogP contribution in [0.5, 0.6) is 0 Å². The Labute approximate surface area is 124 Å². The maximum absolute atomic E-state index is 6.22. The number of halogens is 3. The van der Waals surface area contributed by atoms with Gasteiger partial charge >= 0.3 is 0 Å². The fourth-order valence-corrected chi connectivity index (χ4v) is 3.54. The van der Waals surface area contributed by atoms with Crippen LogP contribution in [0, 0.1) is 5.41 Å². The van der Waals surface area contributed by atoms with Gasteiger partial charge in [-0.3, -0.25) is 0 Å². The molecule has 1 nitrogen and oxygen atoms in total. The fourth-order valence-electron chi connectivity index (χ4n) is 2.62. The lowest BCUT2D eigenvalue weighted by Gasteiger charge is -2.40. The Morgan fingerprint density at radius 3 is 2.28 bits per heavy atom. The molecule has 2 rings (SSSR count). The van der Waals surface area contributed by atoms with Crippen molar-refractivity contribution < 1.29 is 0 Å². The van der Waals surface area contributed by atoms with E-state index in [1.807, 2.05) is 0 Å². The third-order valence-electron chi connectivity index (χ3n) is 3.83. The van der Waals surface area contributed by atoms with Gasteiger partial charge in [0.05, 0.1) is 15.7 Å². The molecule has 0 aliphatic heterocycles. The minimum absolute atomic E-state index is 0.268. The van der Waals surface area contributed by atoms with E-state index in [0.29, 0.717) is 21.1 Å². The molecule has 1 N–H and O–H groups in total. The van der Waals surface area contributed by atoms with Gasteiger partial charge in [-0.2, -0.15) is 0 Å². The van der Waals surface area contributed by atoms with Crippen LogP contribution in [0.1, 0.15) is 39.5 Å². The molecule has 0 aromatic heterocycles. The van der Waals surface area contributed by atoms with Gasteiger partial charge in [-0.05, 0) is 30.4 Å². The van der Waals surface area contributed by atoms with E-state index in [0.717, 1.165) is 12.1 Å². The summed E-state index contributed by atoms with van der Waals surface area (Å²) in [6.45, 7) is 4.59. The number of hydrogen-bond acceptors (Lipinski definition) is 1. The Morgan fingerprint density at radius 2 is 1.72 bits per heavy atom. The molecule has 0 saturated heterocycles. The van der Waals surface area contributed by atoms with Crippen LogP contribution in [0.3, 0.4) is 0 Å². The van der Waals surface area contributed by atoms with E-state index in [4.69, 9.17) is 34.8 Å². The highest BCUT2D eigenvalue weighted by Crippen LogP contribution is 2.41. The summed E-state index contributed by atoms with van der Waals surface area (Å²) in [6, 6.07) is 3.86. The smallest absolute Gasteiger partial charge is 0.0722 e. The minimum atomic E-state index is 0.268. The molecule has 4 heteroatoms. The lowest BCUT2D eigenvalue weighted by molar-refractivity contribution is 0.217. The summed E-state index contributed by atoms with van der Waals surface area (Å²) in [4.78, 5) is 0. The van der Waals surface area contributed by atoms with Gasteiger partial charge < -0.3 is 5.32 Å². The Bertz CT molecular complexity index is 420. The first-order valence-corrected chi connectivity index (χ1v) is 7.44. The average Bonchev–Trinajstić information content (AvgIpc) is 2.24. The number of nitrogens with one attached hydrogen (secondary N) is 1. The highest BCUT2D eigenvalue weighted by molar-refractivity contribution is 6.41. The molecule has 0 bridgehead atoms. The lowest BCUT2D eigenvalue weighted by atomic mass is 9.73. The zero-order chi connectivity index (χ0) is 13.3. The summed E-state index contributed by atoms with van der Waals surface area (Å²) < 4.78 is 0. The van der Waals surface area contributed by atoms with Crippen molar-refractivity contribution in [3.05, 3.63) is 27.2 Å². The van der Waals surface area contributed by atoms with Gasteiger partial charge in [-0.1, -0.05) is 61.5 Å². The topological polar surface area (TPSA) is 12.0 Å². The summed E-state index contributed by atoms with van der Waals surface area (Å²) >= 11 is 18.4. The maximum atomic E-state index is 6.22. The molecular weight excluding hydrogens is 289 g/mol. The molecule has 1 fully saturated rings. The van der Waals surface area contributed by atoms with Gasteiger partial charge in [0.15, 0.2) is 0 Å². The average molecular weight is 307 g/mol. The third-order valence-corrected chi connectivity index (χ3v) is 4.65. The van der Waals surface area contributed by atoms with Gasteiger partial charge in [0.25, 0.3) is 0 Å². The van der Waals surface area contributed by atoms with Gasteiger partial charge in [0.2, 0.25) is 0 Å². The van der Waals surface area contributed by atoms with Crippen LogP contribution < -0.4 is 5.32 Å². The third kappa shape index (κ3) is 3.07. The van der Waals surface area contributed by atoms with Crippen molar-refractivity contribution in [2.75, 3.05) is 5.32 Å². The first kappa shape index (κ1) is 14.3. The van der Waals surface area contributed by atoms with E-state index in [2.05, 4.69) is 19.2 Å². The molecule has 100 valence electrons. The largest absolute Gasteiger partial charge is 0.379 e. The Morgan fingerprint density at radius 1 is 1.11 bits per heavy atom. The fraction of sp³-hybridized carbons (Fsp3) is 0.571. The van der Waals surface area contributed by atoms with Crippen LogP contribution in [-0.2, 0) is 0 Å². The highest BCUT2D eigenvalue weighted by Gasteiger charge is 2.32. The van der Waals surface area contributed by atoms with Gasteiger partial charge in [-0.15, -0.1) is 0 Å². The van der Waals surface area contributed by atoms with E-state index in [-0.39, 0.29) is 5.41 Å². The Kier molecular flexibility index (Phi) is 4.36. The molecule has 1 saturated carbocycles. The number of rotatable bonds is 2. The monoisotopic (exact) mass is 305 g/mol. The molecule has 1 aliphatic carbocycles. The standard InChI is InChI=1S/C14H18Cl3N/c1-14(2)6-4-3-5-12(14)18-13-10(16)7-9(15)8-11(13)17/h7-8,12,18H,3-6H2,1-2H3. The second-order valence-electron chi connectivity index (χ2n) is 5.68. The quantitative estimate of drug-likeness (QED) is 0.703. The molecule has 0 radical (unpaired) electrons. The Hall–Kier alpha value is -0.110. The molecule has 0 heterocycles. The molecule has 0 spiro atoms.